The number of nitrogens with one attached hydrogen (secondary N) is 1. The molecule has 0 radical (unpaired) electrons. The Morgan fingerprint density at radius 3 is 2.78 bits per heavy atom. The predicted molar refractivity (Wildman–Crippen MR) is 73.4 cm³/mol. The van der Waals surface area contributed by atoms with E-state index in [9.17, 15) is 4.79 Å². The van der Waals surface area contributed by atoms with Crippen molar-refractivity contribution >= 4 is 33.4 Å². The molecule has 5 nitrogen and oxygen atoms in total. The number of halogens is 1. The van der Waals surface area contributed by atoms with Crippen LogP contribution in [0.1, 0.15) is 26.7 Å². The standard InChI is InChI=1S/C12H15BrN4O/c1-3-8(4-2)11(18)15-12-14-10-7-5-6-9(13)17(10)16-12/h5-8H,3-4H2,1-2H3,(H,15,16,18). The molecule has 6 heteroatoms. The van der Waals surface area contributed by atoms with Crippen molar-refractivity contribution in [2.45, 2.75) is 26.7 Å². The zero-order valence-electron chi connectivity index (χ0n) is 10.4. The Balaban J connectivity index is 2.22. The van der Waals surface area contributed by atoms with Crippen molar-refractivity contribution in [3.8, 4) is 0 Å². The molecular weight excluding hydrogens is 296 g/mol. The molecule has 18 heavy (non-hydrogen) atoms. The number of hydrogen-bond acceptors (Lipinski definition) is 3. The summed E-state index contributed by atoms with van der Waals surface area (Å²) in [5, 5.41) is 6.99. The third kappa shape index (κ3) is 2.53. The smallest absolute Gasteiger partial charge is 0.249 e. The average Bonchev–Trinajstić information content (AvgIpc) is 2.74. The number of aromatic nitrogens is 3. The molecule has 1 N–H and O–H groups in total. The van der Waals surface area contributed by atoms with Gasteiger partial charge in [0.25, 0.3) is 0 Å². The van der Waals surface area contributed by atoms with E-state index in [4.69, 9.17) is 0 Å². The van der Waals surface area contributed by atoms with E-state index >= 15 is 0 Å². The molecule has 0 aromatic carbocycles. The molecule has 1 amide bonds. The Hall–Kier alpha value is -1.43. The fourth-order valence-corrected chi connectivity index (χ4v) is 2.21. The molecule has 0 spiro atoms. The van der Waals surface area contributed by atoms with Crippen LogP contribution >= 0.6 is 15.9 Å². The van der Waals surface area contributed by atoms with Gasteiger partial charge in [-0.05, 0) is 40.9 Å². The summed E-state index contributed by atoms with van der Waals surface area (Å²) in [5.41, 5.74) is 0.698. The minimum atomic E-state index is -0.0213. The van der Waals surface area contributed by atoms with Crippen LogP contribution in [0.5, 0.6) is 0 Å². The molecule has 2 aromatic rings. The highest BCUT2D eigenvalue weighted by atomic mass is 79.9. The molecule has 0 fully saturated rings. The van der Waals surface area contributed by atoms with Crippen LogP contribution in [0.25, 0.3) is 5.65 Å². The highest BCUT2D eigenvalue weighted by Gasteiger charge is 2.16. The van der Waals surface area contributed by atoms with E-state index in [1.54, 1.807) is 4.52 Å². The van der Waals surface area contributed by atoms with Gasteiger partial charge in [0.1, 0.15) is 4.60 Å². The SMILES string of the molecule is CCC(CC)C(=O)Nc1nc2cccc(Br)n2n1. The Labute approximate surface area is 114 Å². The van der Waals surface area contributed by atoms with Crippen molar-refractivity contribution in [3.63, 3.8) is 0 Å². The fraction of sp³-hybridized carbons (Fsp3) is 0.417. The first-order valence-electron chi connectivity index (χ1n) is 5.97. The number of fused-ring (bicyclic) bond motifs is 1. The molecular formula is C12H15BrN4O. The zero-order chi connectivity index (χ0) is 13.1. The number of carbonyl (C=O) groups is 1. The molecule has 0 aliphatic carbocycles. The Kier molecular flexibility index (Phi) is 3.96. The second kappa shape index (κ2) is 5.48. The third-order valence-corrected chi connectivity index (χ3v) is 3.51. The van der Waals surface area contributed by atoms with E-state index in [0.717, 1.165) is 17.4 Å². The maximum atomic E-state index is 11.9. The zero-order valence-corrected chi connectivity index (χ0v) is 11.9. The van der Waals surface area contributed by atoms with Gasteiger partial charge in [-0.3, -0.25) is 10.1 Å². The van der Waals surface area contributed by atoms with Gasteiger partial charge in [0, 0.05) is 5.92 Å². The molecule has 0 unspecified atom stereocenters. The van der Waals surface area contributed by atoms with E-state index in [-0.39, 0.29) is 11.8 Å². The van der Waals surface area contributed by atoms with E-state index < -0.39 is 0 Å². The number of amides is 1. The average molecular weight is 311 g/mol. The summed E-state index contributed by atoms with van der Waals surface area (Å²) in [6.07, 6.45) is 1.64. The summed E-state index contributed by atoms with van der Waals surface area (Å²) in [7, 11) is 0. The van der Waals surface area contributed by atoms with Crippen LogP contribution in [0, 0.1) is 5.92 Å². The molecule has 96 valence electrons. The first-order valence-corrected chi connectivity index (χ1v) is 6.77. The van der Waals surface area contributed by atoms with Gasteiger partial charge in [-0.15, -0.1) is 5.10 Å². The minimum Gasteiger partial charge on any atom is -0.293 e. The summed E-state index contributed by atoms with van der Waals surface area (Å²) in [6, 6.07) is 5.58. The van der Waals surface area contributed by atoms with Crippen LogP contribution in [-0.2, 0) is 4.79 Å². The second-order valence-corrected chi connectivity index (χ2v) is 4.87. The normalized spacial score (nSPS) is 11.1. The van der Waals surface area contributed by atoms with Crippen molar-refractivity contribution in [1.82, 2.24) is 14.6 Å². The summed E-state index contributed by atoms with van der Waals surface area (Å²) < 4.78 is 2.44. The van der Waals surface area contributed by atoms with Gasteiger partial charge in [0.05, 0.1) is 0 Å². The van der Waals surface area contributed by atoms with Crippen LogP contribution in [0.4, 0.5) is 5.95 Å². The lowest BCUT2D eigenvalue weighted by Crippen LogP contribution is -2.22. The van der Waals surface area contributed by atoms with Gasteiger partial charge in [-0.1, -0.05) is 19.9 Å². The van der Waals surface area contributed by atoms with Gasteiger partial charge < -0.3 is 0 Å². The molecule has 2 rings (SSSR count). The Morgan fingerprint density at radius 1 is 1.44 bits per heavy atom. The summed E-state index contributed by atoms with van der Waals surface area (Å²) in [6.45, 7) is 4.00. The lowest BCUT2D eigenvalue weighted by atomic mass is 10.0. The van der Waals surface area contributed by atoms with E-state index in [2.05, 4.69) is 31.3 Å². The minimum absolute atomic E-state index is 0.0139. The monoisotopic (exact) mass is 310 g/mol. The first-order chi connectivity index (χ1) is 8.65. The van der Waals surface area contributed by atoms with Crippen LogP contribution in [0.3, 0.4) is 0 Å². The summed E-state index contributed by atoms with van der Waals surface area (Å²) >= 11 is 3.38. The van der Waals surface area contributed by atoms with E-state index in [0.29, 0.717) is 11.6 Å². The molecule has 0 atom stereocenters. The molecule has 0 aliphatic heterocycles. The predicted octanol–water partition coefficient (Wildman–Crippen LogP) is 2.87. The van der Waals surface area contributed by atoms with E-state index in [1.165, 1.54) is 0 Å². The highest BCUT2D eigenvalue weighted by molar-refractivity contribution is 9.10. The second-order valence-electron chi connectivity index (χ2n) is 4.06. The maximum Gasteiger partial charge on any atom is 0.249 e. The van der Waals surface area contributed by atoms with Crippen molar-refractivity contribution in [1.29, 1.82) is 0 Å². The molecule has 0 saturated carbocycles. The number of hydrogen-bond donors (Lipinski definition) is 1. The van der Waals surface area contributed by atoms with Crippen LogP contribution in [0.15, 0.2) is 22.8 Å². The van der Waals surface area contributed by atoms with Crippen LogP contribution in [-0.4, -0.2) is 20.5 Å². The molecule has 2 heterocycles. The van der Waals surface area contributed by atoms with Crippen molar-refractivity contribution < 1.29 is 4.79 Å². The number of anilines is 1. The lowest BCUT2D eigenvalue weighted by Gasteiger charge is -2.09. The van der Waals surface area contributed by atoms with Crippen molar-refractivity contribution in [2.75, 3.05) is 5.32 Å². The first kappa shape index (κ1) is 13.0. The largest absolute Gasteiger partial charge is 0.293 e. The van der Waals surface area contributed by atoms with E-state index in [1.807, 2.05) is 32.0 Å². The maximum absolute atomic E-state index is 11.9. The quantitative estimate of drug-likeness (QED) is 0.883. The number of nitrogens with zero attached hydrogens (tertiary/aromatic N) is 3. The highest BCUT2D eigenvalue weighted by Crippen LogP contribution is 2.15. The van der Waals surface area contributed by atoms with Crippen molar-refractivity contribution in [2.24, 2.45) is 5.92 Å². The third-order valence-electron chi connectivity index (χ3n) is 2.90. The number of rotatable bonds is 4. The molecule has 0 bridgehead atoms. The summed E-state index contributed by atoms with van der Waals surface area (Å²) in [5.74, 6) is 0.339. The van der Waals surface area contributed by atoms with Gasteiger partial charge in [0.15, 0.2) is 5.65 Å². The van der Waals surface area contributed by atoms with Crippen molar-refractivity contribution in [3.05, 3.63) is 22.8 Å². The number of carbonyl (C=O) groups excluding carboxylic acids is 1. The molecule has 2 aromatic heterocycles. The summed E-state index contributed by atoms with van der Waals surface area (Å²) in [4.78, 5) is 16.2. The Bertz CT molecular complexity index is 562. The number of pyridine rings is 1. The fourth-order valence-electron chi connectivity index (χ4n) is 1.80. The van der Waals surface area contributed by atoms with Crippen LogP contribution in [0.2, 0.25) is 0 Å². The molecule has 0 saturated heterocycles. The topological polar surface area (TPSA) is 59.3 Å². The van der Waals surface area contributed by atoms with Gasteiger partial charge in [-0.2, -0.15) is 4.98 Å². The van der Waals surface area contributed by atoms with Gasteiger partial charge in [0.2, 0.25) is 11.9 Å². The lowest BCUT2D eigenvalue weighted by molar-refractivity contribution is -0.120. The van der Waals surface area contributed by atoms with Gasteiger partial charge in [-0.25, -0.2) is 4.52 Å². The van der Waals surface area contributed by atoms with Crippen LogP contribution < -0.4 is 5.32 Å². The van der Waals surface area contributed by atoms with Gasteiger partial charge >= 0.3 is 0 Å². The molecule has 0 aliphatic rings. The Morgan fingerprint density at radius 2 is 2.17 bits per heavy atom.